The molecule has 0 bridgehead atoms. The minimum absolute atomic E-state index is 0.0371. The third-order valence-electron chi connectivity index (χ3n) is 2.05. The second-order valence-electron chi connectivity index (χ2n) is 3.36. The number of hydrogen-bond acceptors (Lipinski definition) is 4. The zero-order chi connectivity index (χ0) is 13.1. The van der Waals surface area contributed by atoms with Crippen LogP contribution in [0.25, 0.3) is 0 Å². The van der Waals surface area contributed by atoms with E-state index in [0.717, 1.165) is 0 Å². The van der Waals surface area contributed by atoms with Gasteiger partial charge in [-0.15, -0.1) is 0 Å². The van der Waals surface area contributed by atoms with Gasteiger partial charge in [-0.2, -0.15) is 4.72 Å². The van der Waals surface area contributed by atoms with Gasteiger partial charge in [-0.3, -0.25) is 4.79 Å². The molecule has 0 heterocycles. The summed E-state index contributed by atoms with van der Waals surface area (Å²) in [6.07, 6.45) is 0. The van der Waals surface area contributed by atoms with Gasteiger partial charge in [-0.1, -0.05) is 6.07 Å². The van der Waals surface area contributed by atoms with Gasteiger partial charge in [0.15, 0.2) is 0 Å². The van der Waals surface area contributed by atoms with Crippen molar-refractivity contribution in [2.45, 2.75) is 17.9 Å². The number of ether oxygens (including phenoxy) is 1. The van der Waals surface area contributed by atoms with E-state index in [4.69, 9.17) is 9.84 Å². The number of nitrogens with one attached hydrogen (secondary N) is 1. The first-order valence-corrected chi connectivity index (χ1v) is 6.24. The third-order valence-corrected chi connectivity index (χ3v) is 3.59. The van der Waals surface area contributed by atoms with Crippen molar-refractivity contribution in [3.63, 3.8) is 0 Å². The van der Waals surface area contributed by atoms with Crippen LogP contribution in [0.2, 0.25) is 0 Å². The smallest absolute Gasteiger partial charge is 0.321 e. The zero-order valence-electron chi connectivity index (χ0n) is 9.38. The van der Waals surface area contributed by atoms with E-state index in [9.17, 15) is 13.2 Å². The number of aliphatic carboxylic acids is 1. The summed E-state index contributed by atoms with van der Waals surface area (Å²) in [5.41, 5.74) is 0. The number of methoxy groups -OCH3 is 1. The Balaban J connectivity index is 3.01. The summed E-state index contributed by atoms with van der Waals surface area (Å²) in [4.78, 5) is 10.5. The maximum absolute atomic E-state index is 11.8. The van der Waals surface area contributed by atoms with Crippen molar-refractivity contribution in [1.82, 2.24) is 4.72 Å². The van der Waals surface area contributed by atoms with E-state index in [2.05, 4.69) is 0 Å². The summed E-state index contributed by atoms with van der Waals surface area (Å²) >= 11 is 0. The molecule has 2 N–H and O–H groups in total. The Morgan fingerprint density at radius 1 is 1.47 bits per heavy atom. The van der Waals surface area contributed by atoms with E-state index in [0.29, 0.717) is 5.75 Å². The Kier molecular flexibility index (Phi) is 4.08. The second-order valence-corrected chi connectivity index (χ2v) is 5.07. The first kappa shape index (κ1) is 13.5. The zero-order valence-corrected chi connectivity index (χ0v) is 10.2. The number of sulfonamides is 1. The lowest BCUT2D eigenvalue weighted by Gasteiger charge is -2.10. The molecule has 6 nitrogen and oxygen atoms in total. The van der Waals surface area contributed by atoms with Crippen molar-refractivity contribution in [3.05, 3.63) is 24.3 Å². The number of carbonyl (C=O) groups is 1. The number of carboxylic acids is 1. The quantitative estimate of drug-likeness (QED) is 0.800. The molecule has 17 heavy (non-hydrogen) atoms. The molecule has 1 aromatic carbocycles. The van der Waals surface area contributed by atoms with Gasteiger partial charge in [-0.25, -0.2) is 8.42 Å². The molecule has 7 heteroatoms. The standard InChI is InChI=1S/C10H13NO5S/c1-7(10(12)13)11-17(14,15)9-5-3-4-8(6-9)16-2/h3-7,11H,1-2H3,(H,12,13)/t7-/m1/s1. The van der Waals surface area contributed by atoms with E-state index in [1.54, 1.807) is 6.07 Å². The van der Waals surface area contributed by atoms with Gasteiger partial charge in [-0.05, 0) is 19.1 Å². The number of carboxylic acid groups (broad SMARTS) is 1. The van der Waals surface area contributed by atoms with Gasteiger partial charge >= 0.3 is 5.97 Å². The fraction of sp³-hybridized carbons (Fsp3) is 0.300. The van der Waals surface area contributed by atoms with Crippen LogP contribution in [0.3, 0.4) is 0 Å². The predicted octanol–water partition coefficient (Wildman–Crippen LogP) is 0.447. The van der Waals surface area contributed by atoms with Crippen molar-refractivity contribution in [1.29, 1.82) is 0 Å². The predicted molar refractivity (Wildman–Crippen MR) is 60.4 cm³/mol. The average molecular weight is 259 g/mol. The van der Waals surface area contributed by atoms with Crippen molar-refractivity contribution < 1.29 is 23.1 Å². The SMILES string of the molecule is COc1cccc(S(=O)(=O)N[C@H](C)C(=O)O)c1. The van der Waals surface area contributed by atoms with Gasteiger partial charge in [0.1, 0.15) is 11.8 Å². The van der Waals surface area contributed by atoms with Gasteiger partial charge in [0.25, 0.3) is 0 Å². The van der Waals surface area contributed by atoms with Gasteiger partial charge < -0.3 is 9.84 Å². The number of rotatable bonds is 5. The molecule has 0 fully saturated rings. The highest BCUT2D eigenvalue weighted by Gasteiger charge is 2.21. The summed E-state index contributed by atoms with van der Waals surface area (Å²) in [6, 6.07) is 4.60. The van der Waals surface area contributed by atoms with Crippen LogP contribution < -0.4 is 9.46 Å². The van der Waals surface area contributed by atoms with Crippen LogP contribution in [0.1, 0.15) is 6.92 Å². The first-order valence-electron chi connectivity index (χ1n) is 4.76. The van der Waals surface area contributed by atoms with Crippen LogP contribution in [0.4, 0.5) is 0 Å². The fourth-order valence-corrected chi connectivity index (χ4v) is 2.35. The largest absolute Gasteiger partial charge is 0.497 e. The highest BCUT2D eigenvalue weighted by molar-refractivity contribution is 7.89. The van der Waals surface area contributed by atoms with Crippen molar-refractivity contribution in [3.8, 4) is 5.75 Å². The van der Waals surface area contributed by atoms with Crippen molar-refractivity contribution in [2.75, 3.05) is 7.11 Å². The Morgan fingerprint density at radius 2 is 2.12 bits per heavy atom. The van der Waals surface area contributed by atoms with Crippen LogP contribution in [0.5, 0.6) is 5.75 Å². The Morgan fingerprint density at radius 3 is 2.65 bits per heavy atom. The lowest BCUT2D eigenvalue weighted by Crippen LogP contribution is -2.38. The molecule has 0 saturated carbocycles. The molecule has 0 radical (unpaired) electrons. The maximum atomic E-state index is 11.8. The molecule has 94 valence electrons. The normalized spacial score (nSPS) is 13.1. The van der Waals surface area contributed by atoms with Gasteiger partial charge in [0.2, 0.25) is 10.0 Å². The minimum atomic E-state index is -3.85. The van der Waals surface area contributed by atoms with E-state index in [1.165, 1.54) is 32.2 Å². The molecule has 0 aliphatic heterocycles. The van der Waals surface area contributed by atoms with Crippen LogP contribution in [-0.2, 0) is 14.8 Å². The highest BCUT2D eigenvalue weighted by Crippen LogP contribution is 2.17. The fourth-order valence-electron chi connectivity index (χ4n) is 1.12. The lowest BCUT2D eigenvalue weighted by atomic mass is 10.3. The minimum Gasteiger partial charge on any atom is -0.497 e. The van der Waals surface area contributed by atoms with E-state index >= 15 is 0 Å². The van der Waals surface area contributed by atoms with Gasteiger partial charge in [0.05, 0.1) is 12.0 Å². The molecule has 1 atom stereocenters. The summed E-state index contributed by atoms with van der Waals surface area (Å²) in [5.74, 6) is -0.854. The molecule has 0 amide bonds. The third kappa shape index (κ3) is 3.43. The monoisotopic (exact) mass is 259 g/mol. The van der Waals surface area contributed by atoms with E-state index in [-0.39, 0.29) is 4.90 Å². The highest BCUT2D eigenvalue weighted by atomic mass is 32.2. The molecule has 0 saturated heterocycles. The molecule has 0 spiro atoms. The van der Waals surface area contributed by atoms with Gasteiger partial charge in [0, 0.05) is 6.07 Å². The van der Waals surface area contributed by atoms with E-state index in [1.807, 2.05) is 4.72 Å². The molecule has 0 aromatic heterocycles. The Bertz CT molecular complexity index is 511. The van der Waals surface area contributed by atoms with Crippen molar-refractivity contribution >= 4 is 16.0 Å². The molecular weight excluding hydrogens is 246 g/mol. The Hall–Kier alpha value is -1.60. The number of hydrogen-bond donors (Lipinski definition) is 2. The first-order chi connectivity index (χ1) is 7.86. The molecule has 0 aliphatic rings. The maximum Gasteiger partial charge on any atom is 0.321 e. The molecule has 0 aliphatic carbocycles. The summed E-state index contributed by atoms with van der Waals surface area (Å²) < 4.78 is 30.5. The number of benzene rings is 1. The van der Waals surface area contributed by atoms with Crippen molar-refractivity contribution in [2.24, 2.45) is 0 Å². The topological polar surface area (TPSA) is 92.7 Å². The second kappa shape index (κ2) is 5.15. The van der Waals surface area contributed by atoms with Crippen LogP contribution in [0, 0.1) is 0 Å². The average Bonchev–Trinajstić information content (AvgIpc) is 2.28. The molecule has 1 aromatic rings. The van der Waals surface area contributed by atoms with Crippen LogP contribution in [-0.4, -0.2) is 32.6 Å². The summed E-state index contributed by atoms with van der Waals surface area (Å²) in [7, 11) is -2.43. The Labute approximate surface area is 99.3 Å². The molecule has 1 rings (SSSR count). The molecular formula is C10H13NO5S. The lowest BCUT2D eigenvalue weighted by molar-refractivity contribution is -0.138. The van der Waals surface area contributed by atoms with Crippen LogP contribution >= 0.6 is 0 Å². The van der Waals surface area contributed by atoms with Crippen LogP contribution in [0.15, 0.2) is 29.2 Å². The van der Waals surface area contributed by atoms with E-state index < -0.39 is 22.0 Å². The summed E-state index contributed by atoms with van der Waals surface area (Å²) in [5, 5.41) is 8.64. The summed E-state index contributed by atoms with van der Waals surface area (Å²) in [6.45, 7) is 1.25. The molecule has 0 unspecified atom stereocenters.